The van der Waals surface area contributed by atoms with Crippen molar-refractivity contribution >= 4 is 29.3 Å². The third kappa shape index (κ3) is 4.06. The Bertz CT molecular complexity index is 339. The highest BCUT2D eigenvalue weighted by Crippen LogP contribution is 2.07. The number of benzene rings is 1. The van der Waals surface area contributed by atoms with Crippen LogP contribution in [0.3, 0.4) is 0 Å². The predicted molar refractivity (Wildman–Crippen MR) is 71.3 cm³/mol. The number of alkyl halides is 1. The molecule has 0 fully saturated rings. The molecule has 1 N–H and O–H groups in total. The van der Waals surface area contributed by atoms with Crippen LogP contribution in [-0.2, 0) is 5.88 Å². The second-order valence-corrected chi connectivity index (χ2v) is 5.13. The van der Waals surface area contributed by atoms with Gasteiger partial charge in [0.2, 0.25) is 0 Å². The fourth-order valence-corrected chi connectivity index (χ4v) is 1.60. The summed E-state index contributed by atoms with van der Waals surface area (Å²) in [6, 6.07) is 7.35. The molecule has 1 aromatic carbocycles. The highest BCUT2D eigenvalue weighted by Gasteiger charge is 2.06. The number of hydrogen-bond acceptors (Lipinski definition) is 2. The van der Waals surface area contributed by atoms with Crippen molar-refractivity contribution in [2.45, 2.75) is 18.1 Å². The molecule has 0 spiro atoms. The monoisotopic (exact) mass is 257 g/mol. The molecule has 0 radical (unpaired) electrons. The molecule has 0 saturated carbocycles. The average molecular weight is 258 g/mol. The SMILES string of the molecule is CSC(C)CNC(=O)c1ccc(CCl)cc1. The summed E-state index contributed by atoms with van der Waals surface area (Å²) in [4.78, 5) is 11.7. The Labute approximate surface area is 106 Å². The Kier molecular flexibility index (Phi) is 5.71. The Morgan fingerprint density at radius 1 is 1.44 bits per heavy atom. The van der Waals surface area contributed by atoms with E-state index in [0.29, 0.717) is 23.2 Å². The molecule has 1 rings (SSSR count). The van der Waals surface area contributed by atoms with Crippen LogP contribution in [0.4, 0.5) is 0 Å². The molecule has 2 nitrogen and oxygen atoms in total. The number of halogens is 1. The maximum Gasteiger partial charge on any atom is 0.251 e. The molecule has 1 amide bonds. The Morgan fingerprint density at radius 3 is 2.56 bits per heavy atom. The Morgan fingerprint density at radius 2 is 2.06 bits per heavy atom. The van der Waals surface area contributed by atoms with Gasteiger partial charge in [-0.15, -0.1) is 11.6 Å². The lowest BCUT2D eigenvalue weighted by molar-refractivity contribution is 0.0954. The van der Waals surface area contributed by atoms with Gasteiger partial charge in [0.25, 0.3) is 5.91 Å². The van der Waals surface area contributed by atoms with E-state index in [1.165, 1.54) is 0 Å². The van der Waals surface area contributed by atoms with Gasteiger partial charge in [-0.25, -0.2) is 0 Å². The van der Waals surface area contributed by atoms with Gasteiger partial charge in [0.05, 0.1) is 0 Å². The first-order chi connectivity index (χ1) is 7.67. The molecule has 1 aromatic rings. The first-order valence-electron chi connectivity index (χ1n) is 5.13. The van der Waals surface area contributed by atoms with Crippen LogP contribution in [0.25, 0.3) is 0 Å². The van der Waals surface area contributed by atoms with Gasteiger partial charge in [-0.3, -0.25) is 4.79 Å². The fraction of sp³-hybridized carbons (Fsp3) is 0.417. The minimum Gasteiger partial charge on any atom is -0.351 e. The number of rotatable bonds is 5. The van der Waals surface area contributed by atoms with E-state index in [9.17, 15) is 4.79 Å². The molecule has 0 aliphatic carbocycles. The first-order valence-corrected chi connectivity index (χ1v) is 6.95. The average Bonchev–Trinajstić information content (AvgIpc) is 2.35. The summed E-state index contributed by atoms with van der Waals surface area (Å²) in [6.07, 6.45) is 2.03. The summed E-state index contributed by atoms with van der Waals surface area (Å²) in [7, 11) is 0. The van der Waals surface area contributed by atoms with Gasteiger partial charge in [-0.2, -0.15) is 11.8 Å². The highest BCUT2D eigenvalue weighted by atomic mass is 35.5. The molecule has 0 bridgehead atoms. The van der Waals surface area contributed by atoms with Crippen LogP contribution in [0.15, 0.2) is 24.3 Å². The number of hydrogen-bond donors (Lipinski definition) is 1. The van der Waals surface area contributed by atoms with Crippen LogP contribution in [-0.4, -0.2) is 24.0 Å². The third-order valence-electron chi connectivity index (χ3n) is 2.32. The van der Waals surface area contributed by atoms with Crippen molar-refractivity contribution in [1.29, 1.82) is 0 Å². The lowest BCUT2D eigenvalue weighted by Gasteiger charge is -2.09. The zero-order valence-corrected chi connectivity index (χ0v) is 11.1. The molecule has 0 heterocycles. The molecular formula is C12H16ClNOS. The molecule has 0 saturated heterocycles. The van der Waals surface area contributed by atoms with Crippen molar-refractivity contribution in [2.75, 3.05) is 12.8 Å². The van der Waals surface area contributed by atoms with Crippen LogP contribution in [0.2, 0.25) is 0 Å². The first kappa shape index (κ1) is 13.4. The number of carbonyl (C=O) groups is 1. The minimum absolute atomic E-state index is 0.0259. The van der Waals surface area contributed by atoms with E-state index in [1.807, 2.05) is 18.4 Å². The molecule has 0 aliphatic rings. The van der Waals surface area contributed by atoms with Gasteiger partial charge < -0.3 is 5.32 Å². The molecular weight excluding hydrogens is 242 g/mol. The van der Waals surface area contributed by atoms with Gasteiger partial charge in [0.15, 0.2) is 0 Å². The van der Waals surface area contributed by atoms with Crippen molar-refractivity contribution in [2.24, 2.45) is 0 Å². The molecule has 0 aliphatic heterocycles. The van der Waals surface area contributed by atoms with E-state index in [4.69, 9.17) is 11.6 Å². The van der Waals surface area contributed by atoms with Crippen LogP contribution in [0.1, 0.15) is 22.8 Å². The zero-order valence-electron chi connectivity index (χ0n) is 9.50. The normalized spacial score (nSPS) is 12.2. The molecule has 0 aromatic heterocycles. The van der Waals surface area contributed by atoms with Crippen LogP contribution >= 0.6 is 23.4 Å². The van der Waals surface area contributed by atoms with E-state index in [2.05, 4.69) is 12.2 Å². The van der Waals surface area contributed by atoms with Gasteiger partial charge in [0.1, 0.15) is 0 Å². The van der Waals surface area contributed by atoms with Gasteiger partial charge in [0, 0.05) is 23.2 Å². The van der Waals surface area contributed by atoms with E-state index >= 15 is 0 Å². The molecule has 4 heteroatoms. The van der Waals surface area contributed by atoms with Crippen molar-refractivity contribution in [3.63, 3.8) is 0 Å². The summed E-state index contributed by atoms with van der Waals surface area (Å²) >= 11 is 7.41. The predicted octanol–water partition coefficient (Wildman–Crippen LogP) is 2.91. The largest absolute Gasteiger partial charge is 0.351 e. The van der Waals surface area contributed by atoms with E-state index in [0.717, 1.165) is 5.56 Å². The maximum atomic E-state index is 11.7. The van der Waals surface area contributed by atoms with Crippen LogP contribution in [0.5, 0.6) is 0 Å². The van der Waals surface area contributed by atoms with Crippen LogP contribution < -0.4 is 5.32 Å². The highest BCUT2D eigenvalue weighted by molar-refractivity contribution is 7.99. The lowest BCUT2D eigenvalue weighted by Crippen LogP contribution is -2.29. The van der Waals surface area contributed by atoms with Crippen molar-refractivity contribution in [1.82, 2.24) is 5.32 Å². The minimum atomic E-state index is -0.0259. The van der Waals surface area contributed by atoms with Crippen LogP contribution in [0, 0.1) is 0 Å². The smallest absolute Gasteiger partial charge is 0.251 e. The fourth-order valence-electron chi connectivity index (χ4n) is 1.17. The van der Waals surface area contributed by atoms with E-state index < -0.39 is 0 Å². The summed E-state index contributed by atoms with van der Waals surface area (Å²) in [5.41, 5.74) is 1.71. The zero-order chi connectivity index (χ0) is 12.0. The van der Waals surface area contributed by atoms with Gasteiger partial charge in [-0.1, -0.05) is 19.1 Å². The van der Waals surface area contributed by atoms with Gasteiger partial charge >= 0.3 is 0 Å². The molecule has 1 atom stereocenters. The quantitative estimate of drug-likeness (QED) is 0.822. The topological polar surface area (TPSA) is 29.1 Å². The maximum absolute atomic E-state index is 11.7. The summed E-state index contributed by atoms with van der Waals surface area (Å²) in [5.74, 6) is 0.452. The second-order valence-electron chi connectivity index (χ2n) is 3.59. The van der Waals surface area contributed by atoms with E-state index in [-0.39, 0.29) is 5.91 Å². The lowest BCUT2D eigenvalue weighted by atomic mass is 10.1. The molecule has 16 heavy (non-hydrogen) atoms. The number of nitrogens with one attached hydrogen (secondary N) is 1. The Hall–Kier alpha value is -0.670. The standard InChI is InChI=1S/C12H16ClNOS/c1-9(16-2)8-14-12(15)11-5-3-10(7-13)4-6-11/h3-6,9H,7-8H2,1-2H3,(H,14,15). The summed E-state index contributed by atoms with van der Waals surface area (Å²) in [5, 5.41) is 3.33. The van der Waals surface area contributed by atoms with Gasteiger partial charge in [-0.05, 0) is 24.0 Å². The number of amides is 1. The van der Waals surface area contributed by atoms with E-state index in [1.54, 1.807) is 23.9 Å². The van der Waals surface area contributed by atoms with Crippen molar-refractivity contribution in [3.05, 3.63) is 35.4 Å². The molecule has 1 unspecified atom stereocenters. The third-order valence-corrected chi connectivity index (χ3v) is 3.60. The number of thioether (sulfide) groups is 1. The number of carbonyl (C=O) groups excluding carboxylic acids is 1. The Balaban J connectivity index is 2.52. The summed E-state index contributed by atoms with van der Waals surface area (Å²) < 4.78 is 0. The summed E-state index contributed by atoms with van der Waals surface area (Å²) in [6.45, 7) is 2.78. The second kappa shape index (κ2) is 6.81. The molecule has 88 valence electrons. The van der Waals surface area contributed by atoms with Crippen molar-refractivity contribution < 1.29 is 4.79 Å². The van der Waals surface area contributed by atoms with Crippen molar-refractivity contribution in [3.8, 4) is 0 Å².